The maximum Gasteiger partial charge on any atom is 0.410 e. The molecule has 176 valence electrons. The predicted molar refractivity (Wildman–Crippen MR) is 131 cm³/mol. The average molecular weight is 478 g/mol. The molecule has 34 heavy (non-hydrogen) atoms. The number of ether oxygens (including phenoxy) is 2. The third kappa shape index (κ3) is 4.13. The van der Waals surface area contributed by atoms with E-state index in [-0.39, 0.29) is 6.09 Å². The number of allylic oxidation sites excluding steroid dienone is 1. The number of hydrogen-bond donors (Lipinski definition) is 0. The number of thioether (sulfide) groups is 1. The van der Waals surface area contributed by atoms with Crippen molar-refractivity contribution in [2.45, 2.75) is 44.8 Å². The Hall–Kier alpha value is -3.06. The number of fused-ring (bicyclic) bond motifs is 2. The fraction of sp³-hybridized carbons (Fsp3) is 0.370. The van der Waals surface area contributed by atoms with Gasteiger partial charge in [0.05, 0.1) is 0 Å². The molecule has 5 rings (SSSR count). The van der Waals surface area contributed by atoms with Gasteiger partial charge in [-0.2, -0.15) is 0 Å². The molecule has 0 saturated carbocycles. The van der Waals surface area contributed by atoms with Crippen LogP contribution in [0.25, 0.3) is 16.9 Å². The Kier molecular flexibility index (Phi) is 5.55. The summed E-state index contributed by atoms with van der Waals surface area (Å²) in [5.74, 6) is 0.0845. The fourth-order valence-corrected chi connectivity index (χ4v) is 5.80. The molecule has 2 aromatic carbocycles. The molecule has 0 radical (unpaired) electrons. The Morgan fingerprint density at radius 1 is 0.971 bits per heavy atom. The summed E-state index contributed by atoms with van der Waals surface area (Å²) < 4.78 is 12.1. The largest absolute Gasteiger partial charge is 0.484 e. The van der Waals surface area contributed by atoms with Gasteiger partial charge < -0.3 is 14.4 Å². The molecule has 0 atom stereocenters. The van der Waals surface area contributed by atoms with Gasteiger partial charge in [0.25, 0.3) is 0 Å². The number of carbonyl (C=O) groups is 3. The van der Waals surface area contributed by atoms with Crippen molar-refractivity contribution in [2.24, 2.45) is 0 Å². The number of benzene rings is 2. The van der Waals surface area contributed by atoms with E-state index in [1.807, 2.05) is 63.2 Å². The van der Waals surface area contributed by atoms with Crippen LogP contribution in [0.3, 0.4) is 0 Å². The Bertz CT molecular complexity index is 1200. The lowest BCUT2D eigenvalue weighted by Gasteiger charge is -2.45. The summed E-state index contributed by atoms with van der Waals surface area (Å²) in [6.45, 7) is 6.60. The first-order chi connectivity index (χ1) is 16.2. The molecule has 1 aliphatic carbocycles. The predicted octanol–water partition coefficient (Wildman–Crippen LogP) is 5.32. The van der Waals surface area contributed by atoms with Crippen LogP contribution in [-0.4, -0.2) is 52.6 Å². The zero-order chi connectivity index (χ0) is 24.1. The molecule has 1 saturated heterocycles. The quantitative estimate of drug-likeness (QED) is 0.518. The van der Waals surface area contributed by atoms with Crippen molar-refractivity contribution >= 4 is 35.2 Å². The third-order valence-corrected chi connectivity index (χ3v) is 7.69. The highest BCUT2D eigenvalue weighted by molar-refractivity contribution is 8.04. The van der Waals surface area contributed by atoms with Crippen LogP contribution in [0.15, 0.2) is 53.4 Å². The number of amides is 1. The molecule has 7 heteroatoms. The number of piperidine rings is 1. The van der Waals surface area contributed by atoms with Crippen LogP contribution >= 0.6 is 11.8 Å². The summed E-state index contributed by atoms with van der Waals surface area (Å²) >= 11 is 1.40. The third-order valence-electron chi connectivity index (χ3n) is 6.36. The number of ketones is 2. The van der Waals surface area contributed by atoms with E-state index >= 15 is 0 Å². The maximum atomic E-state index is 12.8. The van der Waals surface area contributed by atoms with Gasteiger partial charge in [-0.15, -0.1) is 11.8 Å². The van der Waals surface area contributed by atoms with Gasteiger partial charge in [-0.3, -0.25) is 9.59 Å². The van der Waals surface area contributed by atoms with Gasteiger partial charge in [0.1, 0.15) is 21.9 Å². The van der Waals surface area contributed by atoms with E-state index in [4.69, 9.17) is 9.47 Å². The lowest BCUT2D eigenvalue weighted by Crippen LogP contribution is -2.51. The van der Waals surface area contributed by atoms with E-state index in [0.29, 0.717) is 53.5 Å². The molecule has 1 spiro atoms. The SMILES string of the molecule is CC(C)(C)OC(=O)N1CCC2(CC1)CSC1=C(O2)c2cc(-c3ccccc3)ccc2C(=O)C1=O. The van der Waals surface area contributed by atoms with Gasteiger partial charge in [-0.1, -0.05) is 36.4 Å². The van der Waals surface area contributed by atoms with E-state index in [2.05, 4.69) is 0 Å². The van der Waals surface area contributed by atoms with E-state index < -0.39 is 22.8 Å². The number of nitrogens with zero attached hydrogens (tertiary/aromatic N) is 1. The minimum atomic E-state index is -0.543. The molecule has 2 aromatic rings. The molecule has 2 aliphatic heterocycles. The van der Waals surface area contributed by atoms with Gasteiger partial charge in [0.2, 0.25) is 11.6 Å². The van der Waals surface area contributed by atoms with Crippen LogP contribution in [0.1, 0.15) is 49.5 Å². The molecule has 0 unspecified atom stereocenters. The highest BCUT2D eigenvalue weighted by atomic mass is 32.2. The second-order valence-electron chi connectivity index (χ2n) is 9.98. The van der Waals surface area contributed by atoms with Crippen molar-refractivity contribution < 1.29 is 23.9 Å². The van der Waals surface area contributed by atoms with Crippen LogP contribution in [0.2, 0.25) is 0 Å². The number of rotatable bonds is 1. The molecule has 2 heterocycles. The topological polar surface area (TPSA) is 72.9 Å². The monoisotopic (exact) mass is 477 g/mol. The molecular weight excluding hydrogens is 450 g/mol. The zero-order valence-electron chi connectivity index (χ0n) is 19.6. The van der Waals surface area contributed by atoms with Gasteiger partial charge >= 0.3 is 6.09 Å². The number of hydrogen-bond acceptors (Lipinski definition) is 6. The maximum absolute atomic E-state index is 12.8. The molecule has 6 nitrogen and oxygen atoms in total. The number of carbonyl (C=O) groups excluding carboxylic acids is 3. The standard InChI is InChI=1S/C27H27NO5S/c1-26(2,3)33-25(31)28-13-11-27(12-14-28)16-34-24-22(30)21(29)19-10-9-18(15-20(19)23(24)32-27)17-7-5-4-6-8-17/h4-10,15H,11-14,16H2,1-3H3. The van der Waals surface area contributed by atoms with Crippen LogP contribution < -0.4 is 0 Å². The fourth-order valence-electron chi connectivity index (χ4n) is 4.54. The first-order valence-corrected chi connectivity index (χ1v) is 12.5. The Morgan fingerprint density at radius 2 is 1.68 bits per heavy atom. The summed E-state index contributed by atoms with van der Waals surface area (Å²) in [6.07, 6.45) is 0.944. The lowest BCUT2D eigenvalue weighted by atomic mass is 9.88. The Labute approximate surface area is 203 Å². The van der Waals surface area contributed by atoms with E-state index in [1.165, 1.54) is 11.8 Å². The van der Waals surface area contributed by atoms with Crippen LogP contribution in [-0.2, 0) is 14.3 Å². The van der Waals surface area contributed by atoms with Crippen molar-refractivity contribution in [3.63, 3.8) is 0 Å². The highest BCUT2D eigenvalue weighted by Crippen LogP contribution is 2.48. The van der Waals surface area contributed by atoms with E-state index in [9.17, 15) is 14.4 Å². The normalized spacial score (nSPS) is 19.4. The molecule has 0 bridgehead atoms. The minimum Gasteiger partial charge on any atom is -0.484 e. The number of likely N-dealkylation sites (tertiary alicyclic amines) is 1. The van der Waals surface area contributed by atoms with Crippen molar-refractivity contribution in [2.75, 3.05) is 18.8 Å². The smallest absolute Gasteiger partial charge is 0.410 e. The summed E-state index contributed by atoms with van der Waals surface area (Å²) in [7, 11) is 0. The van der Waals surface area contributed by atoms with Crippen molar-refractivity contribution in [3.05, 3.63) is 64.6 Å². The molecular formula is C27H27NO5S. The summed E-state index contributed by atoms with van der Waals surface area (Å²) in [6, 6.07) is 15.5. The van der Waals surface area contributed by atoms with Gasteiger partial charge in [-0.05, 0) is 44.0 Å². The molecule has 0 N–H and O–H groups in total. The van der Waals surface area contributed by atoms with E-state index in [1.54, 1.807) is 11.0 Å². The first-order valence-electron chi connectivity index (χ1n) is 11.5. The summed E-state index contributed by atoms with van der Waals surface area (Å²) in [4.78, 5) is 40.3. The van der Waals surface area contributed by atoms with Gasteiger partial charge in [0, 0.05) is 42.8 Å². The highest BCUT2D eigenvalue weighted by Gasteiger charge is 2.46. The molecule has 1 fully saturated rings. The molecule has 0 aromatic heterocycles. The van der Waals surface area contributed by atoms with Crippen molar-refractivity contribution in [1.82, 2.24) is 4.90 Å². The van der Waals surface area contributed by atoms with Crippen LogP contribution in [0.5, 0.6) is 0 Å². The molecule has 1 amide bonds. The Morgan fingerprint density at radius 3 is 2.35 bits per heavy atom. The first kappa shape index (κ1) is 22.7. The van der Waals surface area contributed by atoms with Gasteiger partial charge in [0.15, 0.2) is 0 Å². The summed E-state index contributed by atoms with van der Waals surface area (Å²) in [5.41, 5.74) is 2.00. The second-order valence-corrected chi connectivity index (χ2v) is 11.0. The summed E-state index contributed by atoms with van der Waals surface area (Å²) in [5, 5.41) is 0. The van der Waals surface area contributed by atoms with Gasteiger partial charge in [-0.25, -0.2) is 4.79 Å². The second kappa shape index (κ2) is 8.31. The minimum absolute atomic E-state index is 0.318. The molecule has 3 aliphatic rings. The number of Topliss-reactive ketones (excluding diaryl/α,β-unsaturated/α-hetero) is 2. The zero-order valence-corrected chi connectivity index (χ0v) is 20.4. The van der Waals surface area contributed by atoms with Crippen molar-refractivity contribution in [3.8, 4) is 11.1 Å². The lowest BCUT2D eigenvalue weighted by molar-refractivity contribution is -0.111. The van der Waals surface area contributed by atoms with Crippen LogP contribution in [0.4, 0.5) is 4.79 Å². The average Bonchev–Trinajstić information content (AvgIpc) is 2.82. The van der Waals surface area contributed by atoms with Crippen LogP contribution in [0, 0.1) is 0 Å². The van der Waals surface area contributed by atoms with E-state index in [0.717, 1.165) is 11.1 Å². The van der Waals surface area contributed by atoms with Crippen molar-refractivity contribution in [1.29, 1.82) is 0 Å². The Balaban J connectivity index is 1.43.